The first-order valence-electron chi connectivity index (χ1n) is 5.60. The number of H-pyrrole nitrogens is 1. The lowest BCUT2D eigenvalue weighted by atomic mass is 10.2. The first kappa shape index (κ1) is 15.4. The third-order valence-corrected chi connectivity index (χ3v) is 4.80. The van der Waals surface area contributed by atoms with Crippen LogP contribution < -0.4 is 5.56 Å². The van der Waals surface area contributed by atoms with E-state index < -0.39 is 0 Å². The summed E-state index contributed by atoms with van der Waals surface area (Å²) in [7, 11) is 0. The SMILES string of the molecule is N#Cc1ccc(CSc2nc(CCl)c(I)c(=O)[nH]2)cc1. The number of aromatic nitrogens is 2. The highest BCUT2D eigenvalue weighted by Crippen LogP contribution is 2.20. The van der Waals surface area contributed by atoms with Crippen molar-refractivity contribution in [2.24, 2.45) is 0 Å². The molecule has 0 bridgehead atoms. The Balaban J connectivity index is 2.12. The molecule has 0 aliphatic rings. The minimum atomic E-state index is -0.168. The van der Waals surface area contributed by atoms with E-state index in [4.69, 9.17) is 16.9 Å². The van der Waals surface area contributed by atoms with Gasteiger partial charge in [0.1, 0.15) is 3.57 Å². The number of nitriles is 1. The lowest BCUT2D eigenvalue weighted by molar-refractivity contribution is 0.884. The highest BCUT2D eigenvalue weighted by atomic mass is 127. The van der Waals surface area contributed by atoms with Crippen molar-refractivity contribution in [3.05, 3.63) is 55.0 Å². The molecule has 1 aromatic heterocycles. The number of hydrogen-bond donors (Lipinski definition) is 1. The molecule has 1 heterocycles. The maximum absolute atomic E-state index is 11.7. The minimum Gasteiger partial charge on any atom is -0.301 e. The van der Waals surface area contributed by atoms with Crippen molar-refractivity contribution in [3.63, 3.8) is 0 Å². The Morgan fingerprint density at radius 1 is 1.40 bits per heavy atom. The first-order chi connectivity index (χ1) is 9.63. The zero-order chi connectivity index (χ0) is 14.5. The van der Waals surface area contributed by atoms with Gasteiger partial charge in [-0.3, -0.25) is 4.79 Å². The third kappa shape index (κ3) is 3.75. The largest absolute Gasteiger partial charge is 0.301 e. The van der Waals surface area contributed by atoms with Gasteiger partial charge in [0, 0.05) is 5.75 Å². The standard InChI is InChI=1S/C13H9ClIN3OS/c14-5-10-11(15)12(19)18-13(17-10)20-7-9-3-1-8(6-16)2-4-9/h1-4H,5,7H2,(H,17,18,19). The number of benzene rings is 1. The fourth-order valence-corrected chi connectivity index (χ4v) is 3.17. The van der Waals surface area contributed by atoms with Gasteiger partial charge >= 0.3 is 0 Å². The van der Waals surface area contributed by atoms with Gasteiger partial charge in [-0.1, -0.05) is 23.9 Å². The maximum Gasteiger partial charge on any atom is 0.265 e. The van der Waals surface area contributed by atoms with E-state index in [-0.39, 0.29) is 11.4 Å². The van der Waals surface area contributed by atoms with Gasteiger partial charge in [-0.15, -0.1) is 11.6 Å². The summed E-state index contributed by atoms with van der Waals surface area (Å²) in [5.74, 6) is 0.879. The number of aromatic amines is 1. The van der Waals surface area contributed by atoms with Gasteiger partial charge in [-0.05, 0) is 40.3 Å². The van der Waals surface area contributed by atoms with Gasteiger partial charge in [0.05, 0.1) is 23.2 Å². The highest BCUT2D eigenvalue weighted by molar-refractivity contribution is 14.1. The molecular formula is C13H9ClIN3OS. The lowest BCUT2D eigenvalue weighted by Gasteiger charge is -2.04. The second-order valence-corrected chi connectivity index (χ2v) is 6.17. The molecule has 2 rings (SSSR count). The molecule has 0 atom stereocenters. The fourth-order valence-electron chi connectivity index (χ4n) is 1.47. The molecule has 4 nitrogen and oxygen atoms in total. The molecular weight excluding hydrogens is 409 g/mol. The molecule has 0 unspecified atom stereocenters. The Morgan fingerprint density at radius 2 is 2.10 bits per heavy atom. The van der Waals surface area contributed by atoms with Crippen molar-refractivity contribution >= 4 is 46.0 Å². The van der Waals surface area contributed by atoms with Gasteiger partial charge in [-0.25, -0.2) is 4.98 Å². The van der Waals surface area contributed by atoms with E-state index in [1.807, 2.05) is 34.7 Å². The Morgan fingerprint density at radius 3 is 2.70 bits per heavy atom. The minimum absolute atomic E-state index is 0.168. The van der Waals surface area contributed by atoms with Crippen LogP contribution in [-0.4, -0.2) is 9.97 Å². The molecule has 102 valence electrons. The Kier molecular flexibility index (Phi) is 5.46. The zero-order valence-electron chi connectivity index (χ0n) is 10.2. The number of rotatable bonds is 4. The molecule has 20 heavy (non-hydrogen) atoms. The topological polar surface area (TPSA) is 69.5 Å². The van der Waals surface area contributed by atoms with Crippen LogP contribution in [0.1, 0.15) is 16.8 Å². The lowest BCUT2D eigenvalue weighted by Crippen LogP contribution is -2.15. The monoisotopic (exact) mass is 417 g/mol. The summed E-state index contributed by atoms with van der Waals surface area (Å²) in [4.78, 5) is 18.7. The molecule has 7 heteroatoms. The van der Waals surface area contributed by atoms with Crippen molar-refractivity contribution in [3.8, 4) is 6.07 Å². The van der Waals surface area contributed by atoms with Crippen LogP contribution in [0.3, 0.4) is 0 Å². The number of alkyl halides is 1. The van der Waals surface area contributed by atoms with Gasteiger partial charge < -0.3 is 4.98 Å². The first-order valence-corrected chi connectivity index (χ1v) is 8.20. The van der Waals surface area contributed by atoms with E-state index in [0.29, 0.717) is 25.7 Å². The molecule has 1 aromatic carbocycles. The molecule has 1 N–H and O–H groups in total. The van der Waals surface area contributed by atoms with Crippen LogP contribution in [0.2, 0.25) is 0 Å². The van der Waals surface area contributed by atoms with Crippen LogP contribution in [0, 0.1) is 14.9 Å². The second kappa shape index (κ2) is 7.11. The molecule has 0 radical (unpaired) electrons. The quantitative estimate of drug-likeness (QED) is 0.359. The number of thioether (sulfide) groups is 1. The van der Waals surface area contributed by atoms with Gasteiger partial charge in [0.15, 0.2) is 5.16 Å². The van der Waals surface area contributed by atoms with E-state index >= 15 is 0 Å². The molecule has 2 aromatic rings. The summed E-state index contributed by atoms with van der Waals surface area (Å²) in [5.41, 5.74) is 2.11. The van der Waals surface area contributed by atoms with Crippen molar-refractivity contribution in [1.29, 1.82) is 5.26 Å². The molecule has 0 saturated carbocycles. The summed E-state index contributed by atoms with van der Waals surface area (Å²) < 4.78 is 0.528. The highest BCUT2D eigenvalue weighted by Gasteiger charge is 2.08. The Labute approximate surface area is 138 Å². The molecule has 0 aliphatic heterocycles. The van der Waals surface area contributed by atoms with Crippen LogP contribution in [0.25, 0.3) is 0 Å². The summed E-state index contributed by atoms with van der Waals surface area (Å²) in [6, 6.07) is 9.39. The van der Waals surface area contributed by atoms with Crippen molar-refractivity contribution < 1.29 is 0 Å². The van der Waals surface area contributed by atoms with E-state index in [9.17, 15) is 4.79 Å². The van der Waals surface area contributed by atoms with Gasteiger partial charge in [0.2, 0.25) is 0 Å². The second-order valence-electron chi connectivity index (χ2n) is 3.86. The summed E-state index contributed by atoms with van der Waals surface area (Å²) in [5, 5.41) is 9.28. The van der Waals surface area contributed by atoms with Gasteiger partial charge in [-0.2, -0.15) is 5.26 Å². The summed E-state index contributed by atoms with van der Waals surface area (Å²) in [6.07, 6.45) is 0. The average Bonchev–Trinajstić information content (AvgIpc) is 2.48. The molecule has 0 fully saturated rings. The Hall–Kier alpha value is -1.04. The third-order valence-electron chi connectivity index (χ3n) is 2.49. The van der Waals surface area contributed by atoms with E-state index in [2.05, 4.69) is 16.0 Å². The molecule has 0 saturated heterocycles. The fraction of sp³-hybridized carbons (Fsp3) is 0.154. The maximum atomic E-state index is 11.7. The number of nitrogens with one attached hydrogen (secondary N) is 1. The Bertz CT molecular complexity index is 709. The van der Waals surface area contributed by atoms with Crippen LogP contribution in [0.15, 0.2) is 34.2 Å². The predicted molar refractivity (Wildman–Crippen MR) is 87.8 cm³/mol. The van der Waals surface area contributed by atoms with Crippen LogP contribution in [0.4, 0.5) is 0 Å². The summed E-state index contributed by atoms with van der Waals surface area (Å²) in [6.45, 7) is 0. The smallest absolute Gasteiger partial charge is 0.265 e. The predicted octanol–water partition coefficient (Wildman–Crippen LogP) is 3.28. The van der Waals surface area contributed by atoms with E-state index in [1.165, 1.54) is 11.8 Å². The van der Waals surface area contributed by atoms with Crippen LogP contribution in [0.5, 0.6) is 0 Å². The van der Waals surface area contributed by atoms with Crippen molar-refractivity contribution in [2.45, 2.75) is 16.8 Å². The average molecular weight is 418 g/mol. The number of halogens is 2. The zero-order valence-corrected chi connectivity index (χ0v) is 13.9. The van der Waals surface area contributed by atoms with Crippen molar-refractivity contribution in [2.75, 3.05) is 0 Å². The van der Waals surface area contributed by atoms with Crippen molar-refractivity contribution in [1.82, 2.24) is 9.97 Å². The number of nitrogens with zero attached hydrogens (tertiary/aromatic N) is 2. The number of hydrogen-bond acceptors (Lipinski definition) is 4. The van der Waals surface area contributed by atoms with Gasteiger partial charge in [0.25, 0.3) is 5.56 Å². The van der Waals surface area contributed by atoms with E-state index in [0.717, 1.165) is 5.56 Å². The van der Waals surface area contributed by atoms with E-state index in [1.54, 1.807) is 12.1 Å². The van der Waals surface area contributed by atoms with Crippen LogP contribution >= 0.6 is 46.0 Å². The molecule has 0 amide bonds. The molecule has 0 spiro atoms. The van der Waals surface area contributed by atoms with Crippen LogP contribution in [-0.2, 0) is 11.6 Å². The molecule has 0 aliphatic carbocycles. The summed E-state index contributed by atoms with van der Waals surface area (Å²) >= 11 is 9.13. The normalized spacial score (nSPS) is 10.2.